The molecule has 0 aliphatic heterocycles. The molecule has 0 aromatic carbocycles. The number of hydrogen-bond acceptors (Lipinski definition) is 4. The fourth-order valence-electron chi connectivity index (χ4n) is 1.51. The maximum atomic E-state index is 4.20. The van der Waals surface area contributed by atoms with Crippen molar-refractivity contribution in [2.24, 2.45) is 12.0 Å². The Bertz CT molecular complexity index is 446. The maximum Gasteiger partial charge on any atom is 0.191 e. The molecule has 0 saturated heterocycles. The van der Waals surface area contributed by atoms with E-state index in [-0.39, 0.29) is 0 Å². The molecule has 0 spiro atoms. The van der Waals surface area contributed by atoms with Crippen LogP contribution >= 0.6 is 11.8 Å². The Hall–Kier alpha value is -1.24. The normalized spacial score (nSPS) is 12.6. The first-order valence-corrected chi connectivity index (χ1v) is 7.75. The van der Waals surface area contributed by atoms with E-state index >= 15 is 0 Å². The van der Waals surface area contributed by atoms with E-state index in [1.165, 1.54) is 0 Å². The molecule has 7 heteroatoms. The van der Waals surface area contributed by atoms with E-state index < -0.39 is 0 Å². The molecule has 0 saturated carbocycles. The lowest BCUT2D eigenvalue weighted by molar-refractivity contribution is 0.721. The van der Waals surface area contributed by atoms with Crippen LogP contribution in [0.5, 0.6) is 0 Å². The average Bonchev–Trinajstić information content (AvgIpc) is 2.68. The zero-order chi connectivity index (χ0) is 15.2. The van der Waals surface area contributed by atoms with Gasteiger partial charge in [-0.25, -0.2) is 0 Å². The molecule has 20 heavy (non-hydrogen) atoms. The van der Waals surface area contributed by atoms with E-state index in [4.69, 9.17) is 0 Å². The van der Waals surface area contributed by atoms with Gasteiger partial charge in [-0.1, -0.05) is 20.8 Å². The fourth-order valence-corrected chi connectivity index (χ4v) is 2.33. The van der Waals surface area contributed by atoms with Crippen LogP contribution in [-0.2, 0) is 13.6 Å². The highest BCUT2D eigenvalue weighted by Gasteiger charge is 2.10. The van der Waals surface area contributed by atoms with Gasteiger partial charge in [0.15, 0.2) is 11.8 Å². The van der Waals surface area contributed by atoms with Crippen LogP contribution in [0.1, 0.15) is 32.4 Å². The summed E-state index contributed by atoms with van der Waals surface area (Å²) < 4.78 is 2.27. The van der Waals surface area contributed by atoms with Gasteiger partial charge in [0.2, 0.25) is 0 Å². The van der Waals surface area contributed by atoms with E-state index in [0.717, 1.165) is 29.9 Å². The zero-order valence-electron chi connectivity index (χ0n) is 13.3. The molecule has 0 fully saturated rings. The molecule has 0 atom stereocenters. The number of aliphatic imine (C=N–C) groups is 1. The second-order valence-corrected chi connectivity index (χ2v) is 7.46. The monoisotopic (exact) mass is 298 g/mol. The summed E-state index contributed by atoms with van der Waals surface area (Å²) in [4.78, 5) is 4.20. The van der Waals surface area contributed by atoms with Crippen molar-refractivity contribution in [3.8, 4) is 0 Å². The molecule has 0 bridgehead atoms. The van der Waals surface area contributed by atoms with Crippen molar-refractivity contribution < 1.29 is 0 Å². The number of hydrogen-bond donors (Lipinski definition) is 2. The smallest absolute Gasteiger partial charge is 0.191 e. The highest BCUT2D eigenvalue weighted by molar-refractivity contribution is 8.00. The Labute approximate surface area is 125 Å². The number of thioether (sulfide) groups is 1. The highest BCUT2D eigenvalue weighted by atomic mass is 32.2. The van der Waals surface area contributed by atoms with Crippen molar-refractivity contribution in [2.45, 2.75) is 39.0 Å². The lowest BCUT2D eigenvalue weighted by atomic mass is 10.3. The fraction of sp³-hybridized carbons (Fsp3) is 0.769. The third-order valence-corrected chi connectivity index (χ3v) is 4.02. The van der Waals surface area contributed by atoms with Gasteiger partial charge in [0.25, 0.3) is 0 Å². The van der Waals surface area contributed by atoms with Crippen molar-refractivity contribution in [3.63, 3.8) is 0 Å². The molecule has 6 nitrogen and oxygen atoms in total. The molecule has 1 heterocycles. The third-order valence-electron chi connectivity index (χ3n) is 2.75. The van der Waals surface area contributed by atoms with Gasteiger partial charge >= 0.3 is 0 Å². The van der Waals surface area contributed by atoms with Gasteiger partial charge in [-0.2, -0.15) is 11.8 Å². The molecule has 1 aromatic rings. The summed E-state index contributed by atoms with van der Waals surface area (Å²) in [6.07, 6.45) is 0. The summed E-state index contributed by atoms with van der Waals surface area (Å²) >= 11 is 1.93. The van der Waals surface area contributed by atoms with Gasteiger partial charge in [-0.05, 0) is 6.92 Å². The van der Waals surface area contributed by atoms with Gasteiger partial charge < -0.3 is 15.2 Å². The maximum absolute atomic E-state index is 4.20. The molecule has 0 amide bonds. The molecule has 0 aliphatic rings. The number of nitrogens with zero attached hydrogens (tertiary/aromatic N) is 4. The Morgan fingerprint density at radius 3 is 2.50 bits per heavy atom. The van der Waals surface area contributed by atoms with Gasteiger partial charge in [0.1, 0.15) is 5.82 Å². The van der Waals surface area contributed by atoms with Crippen LogP contribution in [-0.4, -0.2) is 44.8 Å². The second-order valence-electron chi connectivity index (χ2n) is 5.54. The molecule has 0 aliphatic carbocycles. The zero-order valence-corrected chi connectivity index (χ0v) is 14.1. The van der Waals surface area contributed by atoms with E-state index in [1.54, 1.807) is 7.05 Å². The number of nitrogens with one attached hydrogen (secondary N) is 2. The minimum absolute atomic E-state index is 0.300. The highest BCUT2D eigenvalue weighted by Crippen LogP contribution is 2.21. The molecular formula is C13H26N6S. The predicted molar refractivity (Wildman–Crippen MR) is 86.2 cm³/mol. The van der Waals surface area contributed by atoms with Crippen molar-refractivity contribution in [1.82, 2.24) is 25.4 Å². The summed E-state index contributed by atoms with van der Waals surface area (Å²) in [6, 6.07) is 0. The van der Waals surface area contributed by atoms with E-state index in [0.29, 0.717) is 11.3 Å². The van der Waals surface area contributed by atoms with Gasteiger partial charge in [-0.15, -0.1) is 10.2 Å². The first-order valence-electron chi connectivity index (χ1n) is 6.77. The quantitative estimate of drug-likeness (QED) is 0.487. The summed E-state index contributed by atoms with van der Waals surface area (Å²) in [7, 11) is 3.73. The second kappa shape index (κ2) is 7.52. The molecular weight excluding hydrogens is 272 g/mol. The van der Waals surface area contributed by atoms with Gasteiger partial charge in [0.05, 0.1) is 6.54 Å². The van der Waals surface area contributed by atoms with Crippen molar-refractivity contribution in [2.75, 3.05) is 19.3 Å². The van der Waals surface area contributed by atoms with Crippen LogP contribution in [0.3, 0.4) is 0 Å². The Balaban J connectivity index is 2.32. The minimum atomic E-state index is 0.300. The van der Waals surface area contributed by atoms with Crippen LogP contribution in [0.25, 0.3) is 0 Å². The Morgan fingerprint density at radius 2 is 2.00 bits per heavy atom. The van der Waals surface area contributed by atoms with Crippen LogP contribution in [0, 0.1) is 6.92 Å². The van der Waals surface area contributed by atoms with Crippen LogP contribution < -0.4 is 10.6 Å². The van der Waals surface area contributed by atoms with Gasteiger partial charge in [-0.3, -0.25) is 4.99 Å². The van der Waals surface area contributed by atoms with Crippen molar-refractivity contribution >= 4 is 17.7 Å². The molecule has 114 valence electrons. The number of aryl methyl sites for hydroxylation is 1. The third kappa shape index (κ3) is 5.81. The number of rotatable bonds is 5. The Morgan fingerprint density at radius 1 is 1.30 bits per heavy atom. The molecule has 2 N–H and O–H groups in total. The minimum Gasteiger partial charge on any atom is -0.356 e. The van der Waals surface area contributed by atoms with Gasteiger partial charge in [0, 0.05) is 31.1 Å². The summed E-state index contributed by atoms with van der Waals surface area (Å²) in [5.41, 5.74) is 0. The lowest BCUT2D eigenvalue weighted by Crippen LogP contribution is -2.38. The predicted octanol–water partition coefficient (Wildman–Crippen LogP) is 1.32. The molecule has 0 unspecified atom stereocenters. The van der Waals surface area contributed by atoms with E-state index in [9.17, 15) is 0 Å². The Kier molecular flexibility index (Phi) is 6.32. The van der Waals surface area contributed by atoms with Crippen molar-refractivity contribution in [1.29, 1.82) is 0 Å². The van der Waals surface area contributed by atoms with Crippen LogP contribution in [0.4, 0.5) is 0 Å². The van der Waals surface area contributed by atoms with Crippen molar-refractivity contribution in [3.05, 3.63) is 11.6 Å². The largest absolute Gasteiger partial charge is 0.356 e. The number of aromatic nitrogens is 3. The first kappa shape index (κ1) is 16.8. The van der Waals surface area contributed by atoms with E-state index in [1.807, 2.05) is 30.3 Å². The molecule has 1 aromatic heterocycles. The molecule has 1 rings (SSSR count). The summed E-state index contributed by atoms with van der Waals surface area (Å²) in [5, 5.41) is 14.7. The average molecular weight is 298 g/mol. The summed E-state index contributed by atoms with van der Waals surface area (Å²) in [6.45, 7) is 10.1. The topological polar surface area (TPSA) is 67.1 Å². The molecule has 0 radical (unpaired) electrons. The standard InChI is InChI=1S/C13H26N6S/c1-10-17-18-11(19(10)6)9-16-12(14-5)15-7-8-20-13(2,3)4/h7-9H2,1-6H3,(H2,14,15,16). The lowest BCUT2D eigenvalue weighted by Gasteiger charge is -2.18. The first-order chi connectivity index (χ1) is 9.33. The van der Waals surface area contributed by atoms with E-state index in [2.05, 4.69) is 46.6 Å². The SMILES string of the molecule is CN=C(NCCSC(C)(C)C)NCc1nnc(C)n1C. The van der Waals surface area contributed by atoms with Crippen LogP contribution in [0.2, 0.25) is 0 Å². The van der Waals surface area contributed by atoms with Crippen LogP contribution in [0.15, 0.2) is 4.99 Å². The summed E-state index contributed by atoms with van der Waals surface area (Å²) in [5.74, 6) is 3.65. The number of guanidine groups is 1.